The lowest BCUT2D eigenvalue weighted by molar-refractivity contribution is -0.127. The maximum absolute atomic E-state index is 12.8. The first-order chi connectivity index (χ1) is 11.1. The van der Waals surface area contributed by atoms with E-state index in [1.54, 1.807) is 6.07 Å². The van der Waals surface area contributed by atoms with Crippen molar-refractivity contribution in [3.05, 3.63) is 59.0 Å². The molecule has 5 heteroatoms. The van der Waals surface area contributed by atoms with Crippen molar-refractivity contribution in [1.82, 2.24) is 5.32 Å². The van der Waals surface area contributed by atoms with Gasteiger partial charge in [0.05, 0.1) is 24.0 Å². The SMILES string of the molecule is O=C(NC[C@@H](O)c1ccoc1)C1(c2ccc(Cl)cc2)CCCC1. The van der Waals surface area contributed by atoms with Crippen LogP contribution < -0.4 is 5.32 Å². The van der Waals surface area contributed by atoms with Gasteiger partial charge in [0.25, 0.3) is 0 Å². The molecule has 1 aliphatic rings. The third-order valence-corrected chi connectivity index (χ3v) is 4.92. The zero-order chi connectivity index (χ0) is 16.3. The molecule has 0 saturated heterocycles. The van der Waals surface area contributed by atoms with Crippen LogP contribution in [-0.4, -0.2) is 17.6 Å². The summed E-state index contributed by atoms with van der Waals surface area (Å²) < 4.78 is 4.96. The van der Waals surface area contributed by atoms with Crippen LogP contribution in [0, 0.1) is 0 Å². The van der Waals surface area contributed by atoms with E-state index in [0.717, 1.165) is 31.2 Å². The Kier molecular flexibility index (Phi) is 4.74. The Labute approximate surface area is 140 Å². The van der Waals surface area contributed by atoms with Crippen molar-refractivity contribution >= 4 is 17.5 Å². The average Bonchev–Trinajstić information content (AvgIpc) is 3.25. The van der Waals surface area contributed by atoms with Crippen molar-refractivity contribution in [2.45, 2.75) is 37.2 Å². The Bertz CT molecular complexity index is 645. The van der Waals surface area contributed by atoms with E-state index >= 15 is 0 Å². The maximum Gasteiger partial charge on any atom is 0.230 e. The average molecular weight is 334 g/mol. The van der Waals surface area contributed by atoms with Crippen LogP contribution in [0.15, 0.2) is 47.3 Å². The molecule has 1 aromatic carbocycles. The Hall–Kier alpha value is -1.78. The summed E-state index contributed by atoms with van der Waals surface area (Å²) in [6, 6.07) is 9.20. The molecule has 2 aromatic rings. The van der Waals surface area contributed by atoms with Crippen molar-refractivity contribution in [3.8, 4) is 0 Å². The van der Waals surface area contributed by atoms with Crippen LogP contribution in [0.25, 0.3) is 0 Å². The standard InChI is InChI=1S/C18H20ClNO3/c19-15-5-3-14(4-6-15)18(8-1-2-9-18)17(22)20-11-16(21)13-7-10-23-12-13/h3-7,10,12,16,21H,1-2,8-9,11H2,(H,20,22)/t16-/m1/s1. The molecule has 4 nitrogen and oxygen atoms in total. The molecule has 1 amide bonds. The summed E-state index contributed by atoms with van der Waals surface area (Å²) in [5.74, 6) is -0.0279. The number of aliphatic hydroxyl groups excluding tert-OH is 1. The van der Waals surface area contributed by atoms with Crippen LogP contribution in [0.4, 0.5) is 0 Å². The van der Waals surface area contributed by atoms with E-state index in [2.05, 4.69) is 5.32 Å². The number of rotatable bonds is 5. The van der Waals surface area contributed by atoms with Gasteiger partial charge < -0.3 is 14.8 Å². The second-order valence-corrected chi connectivity index (χ2v) is 6.52. The zero-order valence-corrected chi connectivity index (χ0v) is 13.6. The fraction of sp³-hybridized carbons (Fsp3) is 0.389. The predicted molar refractivity (Wildman–Crippen MR) is 88.3 cm³/mol. The summed E-state index contributed by atoms with van der Waals surface area (Å²) in [6.45, 7) is 0.174. The minimum atomic E-state index is -0.763. The topological polar surface area (TPSA) is 62.5 Å². The largest absolute Gasteiger partial charge is 0.472 e. The fourth-order valence-corrected chi connectivity index (χ4v) is 3.46. The lowest BCUT2D eigenvalue weighted by Crippen LogP contribution is -2.44. The molecule has 0 aliphatic heterocycles. The number of furan rings is 1. The molecule has 3 rings (SSSR count). The summed E-state index contributed by atoms with van der Waals surface area (Å²) in [5, 5.41) is 13.7. The number of carbonyl (C=O) groups is 1. The number of carbonyl (C=O) groups excluding carboxylic acids is 1. The van der Waals surface area contributed by atoms with Gasteiger partial charge in [0.1, 0.15) is 0 Å². The van der Waals surface area contributed by atoms with Crippen molar-refractivity contribution < 1.29 is 14.3 Å². The molecule has 0 radical (unpaired) electrons. The number of nitrogens with one attached hydrogen (secondary N) is 1. The summed E-state index contributed by atoms with van der Waals surface area (Å²) in [4.78, 5) is 12.8. The van der Waals surface area contributed by atoms with Crippen LogP contribution >= 0.6 is 11.6 Å². The fourth-order valence-electron chi connectivity index (χ4n) is 3.34. The highest BCUT2D eigenvalue weighted by molar-refractivity contribution is 6.30. The lowest BCUT2D eigenvalue weighted by Gasteiger charge is -2.29. The van der Waals surface area contributed by atoms with Gasteiger partial charge in [0.2, 0.25) is 5.91 Å². The molecule has 0 spiro atoms. The van der Waals surface area contributed by atoms with Gasteiger partial charge in [0.15, 0.2) is 0 Å². The summed E-state index contributed by atoms with van der Waals surface area (Å²) >= 11 is 5.96. The summed E-state index contributed by atoms with van der Waals surface area (Å²) in [6.07, 6.45) is 5.93. The van der Waals surface area contributed by atoms with Crippen LogP contribution in [0.1, 0.15) is 42.9 Å². The smallest absolute Gasteiger partial charge is 0.230 e. The van der Waals surface area contributed by atoms with Gasteiger partial charge in [-0.05, 0) is 36.6 Å². The molecule has 1 aromatic heterocycles. The first-order valence-corrected chi connectivity index (χ1v) is 8.24. The maximum atomic E-state index is 12.8. The molecule has 1 saturated carbocycles. The highest BCUT2D eigenvalue weighted by Gasteiger charge is 2.42. The third kappa shape index (κ3) is 3.28. The number of benzene rings is 1. The zero-order valence-electron chi connectivity index (χ0n) is 12.8. The number of aliphatic hydroxyl groups is 1. The molecule has 2 N–H and O–H groups in total. The minimum absolute atomic E-state index is 0.0279. The van der Waals surface area contributed by atoms with Crippen molar-refractivity contribution in [1.29, 1.82) is 0 Å². The van der Waals surface area contributed by atoms with Crippen LogP contribution in [0.5, 0.6) is 0 Å². The molecule has 0 unspecified atom stereocenters. The Morgan fingerprint density at radius 1 is 1.26 bits per heavy atom. The van der Waals surface area contributed by atoms with Crippen molar-refractivity contribution in [2.24, 2.45) is 0 Å². The second kappa shape index (κ2) is 6.77. The van der Waals surface area contributed by atoms with Gasteiger partial charge >= 0.3 is 0 Å². The number of amides is 1. The summed E-state index contributed by atoms with van der Waals surface area (Å²) in [7, 11) is 0. The molecule has 23 heavy (non-hydrogen) atoms. The molecule has 1 fully saturated rings. The van der Waals surface area contributed by atoms with Crippen molar-refractivity contribution in [3.63, 3.8) is 0 Å². The van der Waals surface area contributed by atoms with Gasteiger partial charge in [-0.3, -0.25) is 4.79 Å². The van der Waals surface area contributed by atoms with E-state index in [1.807, 2.05) is 24.3 Å². The van der Waals surface area contributed by atoms with E-state index in [4.69, 9.17) is 16.0 Å². The van der Waals surface area contributed by atoms with Crippen LogP contribution in [-0.2, 0) is 10.2 Å². The van der Waals surface area contributed by atoms with E-state index in [9.17, 15) is 9.90 Å². The normalized spacial score (nSPS) is 17.8. The summed E-state index contributed by atoms with van der Waals surface area (Å²) in [5.41, 5.74) is 1.15. The van der Waals surface area contributed by atoms with E-state index in [-0.39, 0.29) is 12.5 Å². The molecule has 0 bridgehead atoms. The highest BCUT2D eigenvalue weighted by atomic mass is 35.5. The second-order valence-electron chi connectivity index (χ2n) is 6.08. The molecule has 1 heterocycles. The van der Waals surface area contributed by atoms with E-state index in [0.29, 0.717) is 10.6 Å². The Morgan fingerprint density at radius 3 is 2.57 bits per heavy atom. The van der Waals surface area contributed by atoms with Crippen LogP contribution in [0.3, 0.4) is 0 Å². The van der Waals surface area contributed by atoms with Crippen molar-refractivity contribution in [2.75, 3.05) is 6.54 Å². The molecule has 122 valence electrons. The molecular formula is C18H20ClNO3. The Balaban J connectivity index is 1.73. The van der Waals surface area contributed by atoms with Gasteiger partial charge in [-0.1, -0.05) is 36.6 Å². The van der Waals surface area contributed by atoms with Gasteiger partial charge in [-0.25, -0.2) is 0 Å². The van der Waals surface area contributed by atoms with E-state index < -0.39 is 11.5 Å². The third-order valence-electron chi connectivity index (χ3n) is 4.67. The van der Waals surface area contributed by atoms with Gasteiger partial charge in [0, 0.05) is 17.1 Å². The number of halogens is 1. The predicted octanol–water partition coefficient (Wildman–Crippen LogP) is 3.59. The quantitative estimate of drug-likeness (QED) is 0.878. The Morgan fingerprint density at radius 2 is 1.96 bits per heavy atom. The monoisotopic (exact) mass is 333 g/mol. The van der Waals surface area contributed by atoms with Gasteiger partial charge in [-0.15, -0.1) is 0 Å². The highest BCUT2D eigenvalue weighted by Crippen LogP contribution is 2.41. The molecular weight excluding hydrogens is 314 g/mol. The number of hydrogen-bond donors (Lipinski definition) is 2. The number of hydrogen-bond acceptors (Lipinski definition) is 3. The molecule has 1 atom stereocenters. The molecule has 1 aliphatic carbocycles. The minimum Gasteiger partial charge on any atom is -0.472 e. The van der Waals surface area contributed by atoms with E-state index in [1.165, 1.54) is 12.5 Å². The first kappa shape index (κ1) is 16.1. The van der Waals surface area contributed by atoms with Crippen LogP contribution in [0.2, 0.25) is 5.02 Å². The first-order valence-electron chi connectivity index (χ1n) is 7.86. The lowest BCUT2D eigenvalue weighted by atomic mass is 9.78. The van der Waals surface area contributed by atoms with Gasteiger partial charge in [-0.2, -0.15) is 0 Å².